The van der Waals surface area contributed by atoms with Gasteiger partial charge in [-0.3, -0.25) is 4.90 Å². The van der Waals surface area contributed by atoms with Crippen LogP contribution in [0.2, 0.25) is 0 Å². The van der Waals surface area contributed by atoms with Crippen LogP contribution in [0.25, 0.3) is 0 Å². The van der Waals surface area contributed by atoms with Gasteiger partial charge in [-0.2, -0.15) is 0 Å². The van der Waals surface area contributed by atoms with Gasteiger partial charge in [-0.25, -0.2) is 0 Å². The van der Waals surface area contributed by atoms with Crippen LogP contribution in [0.3, 0.4) is 0 Å². The molecule has 0 unspecified atom stereocenters. The lowest BCUT2D eigenvalue weighted by atomic mass is 9.97. The molecule has 1 aliphatic rings. The van der Waals surface area contributed by atoms with E-state index in [1.807, 2.05) is 13.8 Å². The summed E-state index contributed by atoms with van der Waals surface area (Å²) in [5.74, 6) is 1.27. The summed E-state index contributed by atoms with van der Waals surface area (Å²) in [7, 11) is 0. The first-order chi connectivity index (χ1) is 9.60. The second-order valence-corrected chi connectivity index (χ2v) is 6.10. The van der Waals surface area contributed by atoms with E-state index in [1.54, 1.807) is 0 Å². The van der Waals surface area contributed by atoms with Gasteiger partial charge in [0.05, 0.1) is 0 Å². The summed E-state index contributed by atoms with van der Waals surface area (Å²) in [6.07, 6.45) is 2.59. The molecule has 0 aromatic heterocycles. The average Bonchev–Trinajstić information content (AvgIpc) is 2.45. The van der Waals surface area contributed by atoms with Crippen molar-refractivity contribution < 1.29 is 5.11 Å². The molecule has 1 saturated heterocycles. The topological polar surface area (TPSA) is 35.5 Å². The summed E-state index contributed by atoms with van der Waals surface area (Å²) in [6, 6.07) is 4.24. The number of hydrogen-bond acceptors (Lipinski definition) is 3. The number of nitrogens with one attached hydrogen (secondary N) is 1. The Kier molecular flexibility index (Phi) is 5.44. The van der Waals surface area contributed by atoms with E-state index in [2.05, 4.69) is 29.3 Å². The number of piperidine rings is 1. The lowest BCUT2D eigenvalue weighted by molar-refractivity contribution is 0.207. The molecule has 20 heavy (non-hydrogen) atoms. The van der Waals surface area contributed by atoms with E-state index in [-0.39, 0.29) is 0 Å². The van der Waals surface area contributed by atoms with E-state index in [9.17, 15) is 5.11 Å². The van der Waals surface area contributed by atoms with Crippen LogP contribution in [0.4, 0.5) is 0 Å². The van der Waals surface area contributed by atoms with Crippen LogP contribution in [0.1, 0.15) is 36.5 Å². The first-order valence-corrected chi connectivity index (χ1v) is 7.82. The maximum atomic E-state index is 9.86. The molecule has 3 heteroatoms. The van der Waals surface area contributed by atoms with Gasteiger partial charge in [-0.05, 0) is 68.9 Å². The maximum Gasteiger partial charge on any atom is 0.121 e. The Morgan fingerprint density at radius 2 is 1.80 bits per heavy atom. The number of phenolic OH excluding ortho intramolecular Hbond substituents is 1. The molecule has 0 spiro atoms. The third kappa shape index (κ3) is 3.97. The van der Waals surface area contributed by atoms with E-state index in [1.165, 1.54) is 38.0 Å². The molecule has 2 rings (SSSR count). The first-order valence-electron chi connectivity index (χ1n) is 7.82. The van der Waals surface area contributed by atoms with E-state index >= 15 is 0 Å². The van der Waals surface area contributed by atoms with Crippen LogP contribution < -0.4 is 5.32 Å². The van der Waals surface area contributed by atoms with Crippen LogP contribution in [0, 0.1) is 19.8 Å². The fourth-order valence-corrected chi connectivity index (χ4v) is 3.13. The van der Waals surface area contributed by atoms with Crippen molar-refractivity contribution >= 4 is 0 Å². The highest BCUT2D eigenvalue weighted by molar-refractivity contribution is 5.42. The highest BCUT2D eigenvalue weighted by atomic mass is 16.3. The van der Waals surface area contributed by atoms with Crippen molar-refractivity contribution in [2.75, 3.05) is 26.2 Å². The average molecular weight is 276 g/mol. The Morgan fingerprint density at radius 3 is 2.35 bits per heavy atom. The molecule has 0 radical (unpaired) electrons. The van der Waals surface area contributed by atoms with Gasteiger partial charge < -0.3 is 10.4 Å². The van der Waals surface area contributed by atoms with Crippen LogP contribution >= 0.6 is 0 Å². The fraction of sp³-hybridized carbons (Fsp3) is 0.647. The molecule has 3 nitrogen and oxygen atoms in total. The van der Waals surface area contributed by atoms with Crippen LogP contribution in [-0.2, 0) is 6.54 Å². The number of phenols is 1. The number of benzene rings is 1. The van der Waals surface area contributed by atoms with Crippen LogP contribution in [-0.4, -0.2) is 36.2 Å². The van der Waals surface area contributed by atoms with E-state index in [4.69, 9.17) is 0 Å². The van der Waals surface area contributed by atoms with Gasteiger partial charge in [0.1, 0.15) is 5.75 Å². The maximum absolute atomic E-state index is 9.86. The SMILES string of the molecule is CCN(Cc1cc(C)c(O)c(C)c1)CC1CCNCC1. The fourth-order valence-electron chi connectivity index (χ4n) is 3.13. The van der Waals surface area contributed by atoms with Crippen molar-refractivity contribution in [3.8, 4) is 5.75 Å². The molecule has 1 fully saturated rings. The van der Waals surface area contributed by atoms with Crippen molar-refractivity contribution in [3.63, 3.8) is 0 Å². The van der Waals surface area contributed by atoms with Crippen LogP contribution in [0.15, 0.2) is 12.1 Å². The summed E-state index contributed by atoms with van der Waals surface area (Å²) < 4.78 is 0. The summed E-state index contributed by atoms with van der Waals surface area (Å²) in [5, 5.41) is 13.3. The van der Waals surface area contributed by atoms with Crippen molar-refractivity contribution in [3.05, 3.63) is 28.8 Å². The Balaban J connectivity index is 1.98. The highest BCUT2D eigenvalue weighted by Gasteiger charge is 2.16. The number of aromatic hydroxyl groups is 1. The molecular formula is C17H28N2O. The zero-order valence-corrected chi connectivity index (χ0v) is 13.1. The molecular weight excluding hydrogens is 248 g/mol. The lowest BCUT2D eigenvalue weighted by Crippen LogP contribution is -2.35. The van der Waals surface area contributed by atoms with Gasteiger partial charge in [0.2, 0.25) is 0 Å². The van der Waals surface area contributed by atoms with Gasteiger partial charge in [0.15, 0.2) is 0 Å². The second kappa shape index (κ2) is 7.09. The molecule has 0 amide bonds. The van der Waals surface area contributed by atoms with E-state index in [0.29, 0.717) is 5.75 Å². The Morgan fingerprint density at radius 1 is 1.20 bits per heavy atom. The molecule has 0 bridgehead atoms. The molecule has 0 atom stereocenters. The van der Waals surface area contributed by atoms with Crippen LogP contribution in [0.5, 0.6) is 5.75 Å². The van der Waals surface area contributed by atoms with Gasteiger partial charge in [-0.15, -0.1) is 0 Å². The Hall–Kier alpha value is -1.06. The molecule has 0 saturated carbocycles. The van der Waals surface area contributed by atoms with Gasteiger partial charge in [-0.1, -0.05) is 19.1 Å². The van der Waals surface area contributed by atoms with Gasteiger partial charge in [0, 0.05) is 13.1 Å². The minimum Gasteiger partial charge on any atom is -0.507 e. The standard InChI is InChI=1S/C17H28N2O/c1-4-19(11-15-5-7-18-8-6-15)12-16-9-13(2)17(20)14(3)10-16/h9-10,15,18,20H,4-8,11-12H2,1-3H3. The minimum absolute atomic E-state index is 0.440. The van der Waals surface area contributed by atoms with Gasteiger partial charge in [0.25, 0.3) is 0 Å². The Labute approximate surface area is 123 Å². The largest absolute Gasteiger partial charge is 0.507 e. The summed E-state index contributed by atoms with van der Waals surface area (Å²) in [4.78, 5) is 2.53. The number of rotatable bonds is 5. The van der Waals surface area contributed by atoms with E-state index < -0.39 is 0 Å². The van der Waals surface area contributed by atoms with Crippen molar-refractivity contribution in [2.45, 2.75) is 40.2 Å². The quantitative estimate of drug-likeness (QED) is 0.868. The third-order valence-electron chi connectivity index (χ3n) is 4.38. The zero-order chi connectivity index (χ0) is 14.5. The van der Waals surface area contributed by atoms with Crippen molar-refractivity contribution in [1.82, 2.24) is 10.2 Å². The molecule has 1 heterocycles. The molecule has 2 N–H and O–H groups in total. The monoisotopic (exact) mass is 276 g/mol. The van der Waals surface area contributed by atoms with Crippen molar-refractivity contribution in [2.24, 2.45) is 5.92 Å². The molecule has 1 aliphatic heterocycles. The molecule has 1 aromatic carbocycles. The number of nitrogens with zero attached hydrogens (tertiary/aromatic N) is 1. The van der Waals surface area contributed by atoms with Crippen molar-refractivity contribution in [1.29, 1.82) is 0 Å². The second-order valence-electron chi connectivity index (χ2n) is 6.10. The summed E-state index contributed by atoms with van der Waals surface area (Å²) in [6.45, 7) is 11.8. The minimum atomic E-state index is 0.440. The molecule has 0 aliphatic carbocycles. The van der Waals surface area contributed by atoms with E-state index in [0.717, 1.165) is 30.1 Å². The smallest absolute Gasteiger partial charge is 0.121 e. The summed E-state index contributed by atoms with van der Waals surface area (Å²) in [5.41, 5.74) is 3.28. The highest BCUT2D eigenvalue weighted by Crippen LogP contribution is 2.24. The predicted octanol–water partition coefficient (Wildman–Crippen LogP) is 2.83. The normalized spacial score (nSPS) is 16.8. The number of aryl methyl sites for hydroxylation is 2. The molecule has 112 valence electrons. The summed E-state index contributed by atoms with van der Waals surface area (Å²) >= 11 is 0. The van der Waals surface area contributed by atoms with Gasteiger partial charge >= 0.3 is 0 Å². The number of hydrogen-bond donors (Lipinski definition) is 2. The zero-order valence-electron chi connectivity index (χ0n) is 13.1. The lowest BCUT2D eigenvalue weighted by Gasteiger charge is -2.29. The molecule has 1 aromatic rings. The third-order valence-corrected chi connectivity index (χ3v) is 4.38. The Bertz CT molecular complexity index is 416. The first kappa shape index (κ1) is 15.3. The predicted molar refractivity (Wildman–Crippen MR) is 84.1 cm³/mol.